The number of ether oxygens (including phenoxy) is 3. The van der Waals surface area contributed by atoms with Crippen LogP contribution in [-0.2, 0) is 19.6 Å². The minimum Gasteiger partial charge on any atom is -0.494 e. The zero-order valence-corrected chi connectivity index (χ0v) is 25.2. The van der Waals surface area contributed by atoms with Gasteiger partial charge in [0.1, 0.15) is 24.2 Å². The molecule has 6 rings (SSSR count). The molecule has 1 N–H and O–H groups in total. The molecule has 2 heterocycles. The predicted molar refractivity (Wildman–Crippen MR) is 166 cm³/mol. The molecule has 2 aliphatic rings. The largest absolute Gasteiger partial charge is 0.494 e. The molecule has 1 unspecified atom stereocenters. The molecule has 0 spiro atoms. The third-order valence-corrected chi connectivity index (χ3v) is 8.65. The van der Waals surface area contributed by atoms with Gasteiger partial charge in [0.2, 0.25) is 0 Å². The Morgan fingerprint density at radius 2 is 1.86 bits per heavy atom. The highest BCUT2D eigenvalue weighted by Crippen LogP contribution is 2.42. The maximum absolute atomic E-state index is 15.1. The van der Waals surface area contributed by atoms with Crippen LogP contribution in [0.4, 0.5) is 4.39 Å². The maximum atomic E-state index is 15.1. The highest BCUT2D eigenvalue weighted by molar-refractivity contribution is 6.32. The number of halogens is 2. The fraction of sp³-hybridized carbons (Fsp3) is 0.314. The fourth-order valence-corrected chi connectivity index (χ4v) is 6.37. The summed E-state index contributed by atoms with van der Waals surface area (Å²) < 4.78 is 32.8. The van der Waals surface area contributed by atoms with Gasteiger partial charge in [-0.25, -0.2) is 4.39 Å². The van der Waals surface area contributed by atoms with Crippen molar-refractivity contribution in [2.24, 2.45) is 0 Å². The van der Waals surface area contributed by atoms with Gasteiger partial charge in [0.25, 0.3) is 0 Å². The van der Waals surface area contributed by atoms with Gasteiger partial charge in [-0.1, -0.05) is 41.9 Å². The molecular weight excluding hydrogens is 581 g/mol. The first-order valence-corrected chi connectivity index (χ1v) is 15.1. The minimum atomic E-state index is -0.342. The topological polar surface area (TPSA) is 87.8 Å². The molecule has 9 heteroatoms. The molecule has 0 saturated carbocycles. The lowest BCUT2D eigenvalue weighted by atomic mass is 9.93. The monoisotopic (exact) mass is 613 g/mol. The third kappa shape index (κ3) is 6.36. The van der Waals surface area contributed by atoms with E-state index in [0.29, 0.717) is 53.9 Å². The van der Waals surface area contributed by atoms with Crippen LogP contribution >= 0.6 is 11.6 Å². The van der Waals surface area contributed by atoms with E-state index in [1.807, 2.05) is 30.3 Å². The van der Waals surface area contributed by atoms with Crippen LogP contribution in [0, 0.1) is 17.1 Å². The third-order valence-electron chi connectivity index (χ3n) is 8.36. The summed E-state index contributed by atoms with van der Waals surface area (Å²) in [5.41, 5.74) is 6.00. The molecule has 0 bridgehead atoms. The summed E-state index contributed by atoms with van der Waals surface area (Å²) in [6.07, 6.45) is 5.48. The number of likely N-dealkylation sites (tertiary alicyclic amines) is 1. The van der Waals surface area contributed by atoms with Crippen LogP contribution in [0.5, 0.6) is 17.2 Å². The zero-order valence-electron chi connectivity index (χ0n) is 24.4. The Hall–Kier alpha value is -4.16. The van der Waals surface area contributed by atoms with Gasteiger partial charge in [0.15, 0.2) is 11.6 Å². The second-order valence-corrected chi connectivity index (χ2v) is 11.7. The lowest BCUT2D eigenvalue weighted by molar-refractivity contribution is -0.00334. The van der Waals surface area contributed by atoms with Gasteiger partial charge in [-0.2, -0.15) is 5.26 Å². The Labute approximate surface area is 261 Å². The van der Waals surface area contributed by atoms with Gasteiger partial charge >= 0.3 is 0 Å². The van der Waals surface area contributed by atoms with Crippen molar-refractivity contribution in [2.75, 3.05) is 26.8 Å². The number of nitriles is 1. The van der Waals surface area contributed by atoms with Gasteiger partial charge in [0.05, 0.1) is 30.4 Å². The van der Waals surface area contributed by atoms with Gasteiger partial charge in [0, 0.05) is 54.8 Å². The molecule has 7 nitrogen and oxygen atoms in total. The van der Waals surface area contributed by atoms with E-state index >= 15 is 4.39 Å². The number of hydrogen-bond acceptors (Lipinski definition) is 7. The molecule has 0 radical (unpaired) electrons. The van der Waals surface area contributed by atoms with E-state index in [1.165, 1.54) is 24.4 Å². The second-order valence-electron chi connectivity index (χ2n) is 11.3. The Balaban J connectivity index is 1.16. The van der Waals surface area contributed by atoms with E-state index in [2.05, 4.69) is 22.0 Å². The highest BCUT2D eigenvalue weighted by atomic mass is 35.5. The highest BCUT2D eigenvalue weighted by Gasteiger charge is 2.28. The second kappa shape index (κ2) is 13.2. The first-order chi connectivity index (χ1) is 21.4. The molecule has 1 saturated heterocycles. The summed E-state index contributed by atoms with van der Waals surface area (Å²) in [6.45, 7) is 2.45. The number of nitrogens with zero attached hydrogens (tertiary/aromatic N) is 3. The van der Waals surface area contributed by atoms with Crippen LogP contribution in [0.15, 0.2) is 67.0 Å². The summed E-state index contributed by atoms with van der Waals surface area (Å²) in [7, 11) is 1.48. The maximum Gasteiger partial charge on any atom is 0.172 e. The van der Waals surface area contributed by atoms with E-state index in [1.54, 1.807) is 24.4 Å². The molecular formula is C35H33ClFN3O4. The molecule has 44 heavy (non-hydrogen) atoms. The molecule has 0 amide bonds. The minimum absolute atomic E-state index is 0.230. The summed E-state index contributed by atoms with van der Waals surface area (Å²) >= 11 is 6.70. The Kier molecular flexibility index (Phi) is 8.99. The van der Waals surface area contributed by atoms with E-state index < -0.39 is 0 Å². The van der Waals surface area contributed by atoms with Gasteiger partial charge in [-0.3, -0.25) is 9.88 Å². The SMILES string of the molecule is COc1cccc(-c2cccc3c2CCC3CCOc2cc(OCc3cncc(C#N)c3)c(CN3CC(O)C3)cc2Cl)c1F. The molecule has 1 atom stereocenters. The standard InChI is InChI=1S/C35H33ClFN3O4/c1-42-32-7-3-6-30(35(32)37)28-5-2-4-27-24(8-9-29(27)28)10-11-43-34-14-33(44-21-23-12-22(15-38)16-39-17-23)25(13-31(34)36)18-40-19-26(41)20-40/h2-7,12-14,16-17,24,26,41H,8-11,18-21H2,1H3. The molecule has 1 fully saturated rings. The number of hydrogen-bond donors (Lipinski definition) is 1. The lowest BCUT2D eigenvalue weighted by Gasteiger charge is -2.36. The van der Waals surface area contributed by atoms with Crippen molar-refractivity contribution in [1.29, 1.82) is 5.26 Å². The van der Waals surface area contributed by atoms with E-state index in [9.17, 15) is 10.4 Å². The predicted octanol–water partition coefficient (Wildman–Crippen LogP) is 6.68. The van der Waals surface area contributed by atoms with Crippen molar-refractivity contribution in [3.8, 4) is 34.4 Å². The number of rotatable bonds is 11. The van der Waals surface area contributed by atoms with Crippen molar-refractivity contribution in [1.82, 2.24) is 9.88 Å². The van der Waals surface area contributed by atoms with Crippen molar-refractivity contribution in [3.05, 3.63) is 106 Å². The Morgan fingerprint density at radius 3 is 2.66 bits per heavy atom. The molecule has 1 aromatic heterocycles. The molecule has 1 aliphatic heterocycles. The summed E-state index contributed by atoms with van der Waals surface area (Å²) in [5.74, 6) is 1.34. The number of fused-ring (bicyclic) bond motifs is 1. The molecule has 1 aliphatic carbocycles. The van der Waals surface area contributed by atoms with Crippen LogP contribution in [0.25, 0.3) is 11.1 Å². The van der Waals surface area contributed by atoms with Crippen molar-refractivity contribution < 1.29 is 23.7 Å². The van der Waals surface area contributed by atoms with E-state index in [-0.39, 0.29) is 30.2 Å². The molecule has 4 aromatic rings. The van der Waals surface area contributed by atoms with Crippen LogP contribution in [-0.4, -0.2) is 47.9 Å². The number of methoxy groups -OCH3 is 1. The number of pyridine rings is 1. The van der Waals surface area contributed by atoms with Crippen LogP contribution in [0.3, 0.4) is 0 Å². The first kappa shape index (κ1) is 29.9. The quantitative estimate of drug-likeness (QED) is 0.202. The van der Waals surface area contributed by atoms with Gasteiger partial charge in [-0.05, 0) is 60.1 Å². The average Bonchev–Trinajstić information content (AvgIpc) is 3.44. The summed E-state index contributed by atoms with van der Waals surface area (Å²) in [6, 6.07) is 18.9. The van der Waals surface area contributed by atoms with Crippen LogP contribution in [0.2, 0.25) is 5.02 Å². The molecule has 226 valence electrons. The molecule has 3 aromatic carbocycles. The Morgan fingerprint density at radius 1 is 1.05 bits per heavy atom. The number of aliphatic hydroxyl groups excluding tert-OH is 1. The Bertz CT molecular complexity index is 1700. The first-order valence-electron chi connectivity index (χ1n) is 14.7. The van der Waals surface area contributed by atoms with Crippen molar-refractivity contribution in [2.45, 2.75) is 44.4 Å². The summed E-state index contributed by atoms with van der Waals surface area (Å²) in [5, 5.41) is 19.5. The number of benzene rings is 3. The number of aromatic nitrogens is 1. The zero-order chi connectivity index (χ0) is 30.6. The van der Waals surface area contributed by atoms with Crippen LogP contribution < -0.4 is 14.2 Å². The number of β-amino-alcohol motifs (C(OH)–C–C–N with tert-alkyl or cyclic N) is 1. The van der Waals surface area contributed by atoms with Crippen molar-refractivity contribution in [3.63, 3.8) is 0 Å². The van der Waals surface area contributed by atoms with Gasteiger partial charge < -0.3 is 19.3 Å². The lowest BCUT2D eigenvalue weighted by Crippen LogP contribution is -2.49. The van der Waals surface area contributed by atoms with E-state index in [0.717, 1.165) is 36.0 Å². The normalized spacial score (nSPS) is 16.2. The number of aliphatic hydroxyl groups is 1. The van der Waals surface area contributed by atoms with Crippen molar-refractivity contribution >= 4 is 11.6 Å². The van der Waals surface area contributed by atoms with Crippen LogP contribution in [0.1, 0.15) is 46.6 Å². The smallest absolute Gasteiger partial charge is 0.172 e. The summed E-state index contributed by atoms with van der Waals surface area (Å²) in [4.78, 5) is 6.24. The fourth-order valence-electron chi connectivity index (χ4n) is 6.13. The van der Waals surface area contributed by atoms with E-state index in [4.69, 9.17) is 25.8 Å². The average molecular weight is 614 g/mol. The van der Waals surface area contributed by atoms with Gasteiger partial charge in [-0.15, -0.1) is 0 Å².